The van der Waals surface area contributed by atoms with E-state index >= 15 is 0 Å². The van der Waals surface area contributed by atoms with Crippen LogP contribution in [0.5, 0.6) is 0 Å². The highest BCUT2D eigenvalue weighted by Gasteiger charge is 2.08. The summed E-state index contributed by atoms with van der Waals surface area (Å²) in [5.74, 6) is 5.28. The summed E-state index contributed by atoms with van der Waals surface area (Å²) in [7, 11) is 0. The minimum Gasteiger partial charge on any atom is -0.398 e. The van der Waals surface area contributed by atoms with Gasteiger partial charge in [0, 0.05) is 21.4 Å². The monoisotopic (exact) mass is 312 g/mol. The van der Waals surface area contributed by atoms with Gasteiger partial charge in [-0.05, 0) is 18.2 Å². The molecule has 0 radical (unpaired) electrons. The third-order valence-corrected chi connectivity index (χ3v) is 3.76. The SMILES string of the molecule is NNC(=O)c1cn(CCSc2ccc(Cl)cc2N)nn1. The van der Waals surface area contributed by atoms with E-state index in [4.69, 9.17) is 23.2 Å². The van der Waals surface area contributed by atoms with Gasteiger partial charge >= 0.3 is 0 Å². The second-order valence-corrected chi connectivity index (χ2v) is 5.44. The zero-order chi connectivity index (χ0) is 14.5. The molecule has 1 aromatic carbocycles. The molecule has 2 aromatic rings. The predicted octanol–water partition coefficient (Wildman–Crippen LogP) is 0.909. The smallest absolute Gasteiger partial charge is 0.287 e. The predicted molar refractivity (Wildman–Crippen MR) is 78.3 cm³/mol. The van der Waals surface area contributed by atoms with Crippen LogP contribution in [0.15, 0.2) is 29.3 Å². The van der Waals surface area contributed by atoms with Gasteiger partial charge in [-0.2, -0.15) is 0 Å². The lowest BCUT2D eigenvalue weighted by molar-refractivity contribution is 0.0948. The molecule has 106 valence electrons. The van der Waals surface area contributed by atoms with Crippen LogP contribution >= 0.6 is 23.4 Å². The highest BCUT2D eigenvalue weighted by Crippen LogP contribution is 2.27. The quantitative estimate of drug-likeness (QED) is 0.249. The third-order valence-electron chi connectivity index (χ3n) is 2.45. The minimum absolute atomic E-state index is 0.184. The lowest BCUT2D eigenvalue weighted by atomic mass is 10.3. The lowest BCUT2D eigenvalue weighted by Crippen LogP contribution is -2.30. The Bertz CT molecular complexity index is 617. The van der Waals surface area contributed by atoms with E-state index in [0.29, 0.717) is 17.3 Å². The van der Waals surface area contributed by atoms with Crippen LogP contribution < -0.4 is 17.0 Å². The van der Waals surface area contributed by atoms with Crippen LogP contribution in [-0.4, -0.2) is 26.7 Å². The van der Waals surface area contributed by atoms with Crippen LogP contribution in [0.4, 0.5) is 5.69 Å². The Morgan fingerprint density at radius 2 is 2.30 bits per heavy atom. The van der Waals surface area contributed by atoms with Crippen molar-refractivity contribution in [2.75, 3.05) is 11.5 Å². The molecule has 0 bridgehead atoms. The Morgan fingerprint density at radius 3 is 3.00 bits per heavy atom. The molecule has 5 N–H and O–H groups in total. The molecular formula is C11H13ClN6OS. The number of nitrogens with two attached hydrogens (primary N) is 2. The number of hydrogen-bond donors (Lipinski definition) is 3. The van der Waals surface area contributed by atoms with E-state index in [1.165, 1.54) is 6.20 Å². The van der Waals surface area contributed by atoms with Crippen molar-refractivity contribution in [3.8, 4) is 0 Å². The summed E-state index contributed by atoms with van der Waals surface area (Å²) in [4.78, 5) is 12.2. The van der Waals surface area contributed by atoms with Crippen LogP contribution in [0.1, 0.15) is 10.5 Å². The van der Waals surface area contributed by atoms with Crippen LogP contribution in [0, 0.1) is 0 Å². The van der Waals surface area contributed by atoms with Crippen molar-refractivity contribution in [3.05, 3.63) is 35.1 Å². The van der Waals surface area contributed by atoms with Gasteiger partial charge in [0.2, 0.25) is 0 Å². The second kappa shape index (κ2) is 6.60. The van der Waals surface area contributed by atoms with Gasteiger partial charge < -0.3 is 5.73 Å². The molecule has 1 heterocycles. The van der Waals surface area contributed by atoms with Crippen molar-refractivity contribution in [1.29, 1.82) is 0 Å². The van der Waals surface area contributed by atoms with E-state index in [9.17, 15) is 4.79 Å². The highest BCUT2D eigenvalue weighted by molar-refractivity contribution is 7.99. The van der Waals surface area contributed by atoms with Gasteiger partial charge in [0.25, 0.3) is 5.91 Å². The highest BCUT2D eigenvalue weighted by atomic mass is 35.5. The molecule has 0 aliphatic heterocycles. The molecule has 0 saturated carbocycles. The summed E-state index contributed by atoms with van der Waals surface area (Å²) in [5.41, 5.74) is 8.68. The molecule has 7 nitrogen and oxygen atoms in total. The van der Waals surface area contributed by atoms with Gasteiger partial charge in [-0.3, -0.25) is 14.9 Å². The molecule has 1 amide bonds. The zero-order valence-electron chi connectivity index (χ0n) is 10.4. The molecular weight excluding hydrogens is 300 g/mol. The van der Waals surface area contributed by atoms with E-state index < -0.39 is 5.91 Å². The summed E-state index contributed by atoms with van der Waals surface area (Å²) < 4.78 is 1.57. The van der Waals surface area contributed by atoms with E-state index in [2.05, 4.69) is 10.3 Å². The molecule has 0 saturated heterocycles. The van der Waals surface area contributed by atoms with Gasteiger partial charge in [0.05, 0.1) is 12.7 Å². The number of hydrogen-bond acceptors (Lipinski definition) is 6. The molecule has 2 rings (SSSR count). The number of hydrazine groups is 1. The van der Waals surface area contributed by atoms with Gasteiger partial charge in [-0.1, -0.05) is 16.8 Å². The Hall–Kier alpha value is -1.77. The topological polar surface area (TPSA) is 112 Å². The Labute approximate surface area is 124 Å². The average molecular weight is 313 g/mol. The fourth-order valence-electron chi connectivity index (χ4n) is 1.49. The van der Waals surface area contributed by atoms with E-state index in [0.717, 1.165) is 10.6 Å². The fraction of sp³-hybridized carbons (Fsp3) is 0.182. The number of nitrogen functional groups attached to an aromatic ring is 2. The minimum atomic E-state index is -0.467. The number of aryl methyl sites for hydroxylation is 1. The number of carbonyl (C=O) groups is 1. The van der Waals surface area contributed by atoms with Gasteiger partial charge in [0.1, 0.15) is 0 Å². The normalized spacial score (nSPS) is 10.5. The van der Waals surface area contributed by atoms with Crippen LogP contribution in [0.2, 0.25) is 5.02 Å². The lowest BCUT2D eigenvalue weighted by Gasteiger charge is -2.05. The Morgan fingerprint density at radius 1 is 1.50 bits per heavy atom. The standard InChI is InChI=1S/C11H13ClN6OS/c12-7-1-2-10(8(13)5-7)20-4-3-18-6-9(16-17-18)11(19)15-14/h1-2,5-6H,3-4,13-14H2,(H,15,19). The summed E-state index contributed by atoms with van der Waals surface area (Å²) >= 11 is 7.41. The molecule has 0 aliphatic carbocycles. The van der Waals surface area contributed by atoms with Crippen molar-refractivity contribution < 1.29 is 4.79 Å². The summed E-state index contributed by atoms with van der Waals surface area (Å²) in [6, 6.07) is 5.37. The number of nitrogens with one attached hydrogen (secondary N) is 1. The average Bonchev–Trinajstić information content (AvgIpc) is 2.89. The maximum atomic E-state index is 11.2. The van der Waals surface area contributed by atoms with Crippen molar-refractivity contribution in [1.82, 2.24) is 20.4 Å². The maximum absolute atomic E-state index is 11.2. The molecule has 0 aliphatic rings. The van der Waals surface area contributed by atoms with Crippen molar-refractivity contribution in [2.24, 2.45) is 5.84 Å². The third kappa shape index (κ3) is 3.62. The largest absolute Gasteiger partial charge is 0.398 e. The number of amides is 1. The van der Waals surface area contributed by atoms with Crippen molar-refractivity contribution >= 4 is 35.0 Å². The van der Waals surface area contributed by atoms with Gasteiger partial charge in [-0.15, -0.1) is 16.9 Å². The number of aromatic nitrogens is 3. The molecule has 0 atom stereocenters. The number of rotatable bonds is 5. The summed E-state index contributed by atoms with van der Waals surface area (Å²) in [6.45, 7) is 0.595. The van der Waals surface area contributed by atoms with Gasteiger partial charge in [-0.25, -0.2) is 5.84 Å². The van der Waals surface area contributed by atoms with Gasteiger partial charge in [0.15, 0.2) is 5.69 Å². The van der Waals surface area contributed by atoms with Crippen molar-refractivity contribution in [3.63, 3.8) is 0 Å². The Kier molecular flexibility index (Phi) is 4.83. The first-order chi connectivity index (χ1) is 9.60. The number of anilines is 1. The summed E-state index contributed by atoms with van der Waals surface area (Å²) in [5, 5.41) is 8.16. The molecule has 0 spiro atoms. The number of carbonyl (C=O) groups excluding carboxylic acids is 1. The molecule has 9 heteroatoms. The van der Waals surface area contributed by atoms with Crippen LogP contribution in [0.25, 0.3) is 0 Å². The second-order valence-electron chi connectivity index (χ2n) is 3.87. The summed E-state index contributed by atoms with van der Waals surface area (Å²) in [6.07, 6.45) is 1.54. The molecule has 1 aromatic heterocycles. The van der Waals surface area contributed by atoms with E-state index in [1.54, 1.807) is 28.6 Å². The first-order valence-corrected chi connectivity index (χ1v) is 7.05. The first-order valence-electron chi connectivity index (χ1n) is 5.69. The number of halogens is 1. The van der Waals surface area contributed by atoms with Crippen LogP contribution in [-0.2, 0) is 6.54 Å². The van der Waals surface area contributed by atoms with Crippen LogP contribution in [0.3, 0.4) is 0 Å². The molecule has 0 unspecified atom stereocenters. The van der Waals surface area contributed by atoms with Crippen molar-refractivity contribution in [2.45, 2.75) is 11.4 Å². The Balaban J connectivity index is 1.89. The first kappa shape index (κ1) is 14.6. The number of thioether (sulfide) groups is 1. The molecule has 0 fully saturated rings. The number of nitrogens with zero attached hydrogens (tertiary/aromatic N) is 3. The maximum Gasteiger partial charge on any atom is 0.287 e. The van der Waals surface area contributed by atoms with E-state index in [-0.39, 0.29) is 5.69 Å². The zero-order valence-corrected chi connectivity index (χ0v) is 12.0. The molecule has 20 heavy (non-hydrogen) atoms. The van der Waals surface area contributed by atoms with E-state index in [1.807, 2.05) is 11.5 Å². The fourth-order valence-corrected chi connectivity index (χ4v) is 2.55. The number of benzene rings is 1.